The Bertz CT molecular complexity index is 1250. The van der Waals surface area contributed by atoms with Gasteiger partial charge < -0.3 is 15.0 Å². The van der Waals surface area contributed by atoms with Crippen LogP contribution in [0.25, 0.3) is 0 Å². The molecule has 5 nitrogen and oxygen atoms in total. The Morgan fingerprint density at radius 1 is 0.974 bits per heavy atom. The van der Waals surface area contributed by atoms with Crippen molar-refractivity contribution in [3.8, 4) is 5.75 Å². The normalized spacial score (nSPS) is 15.3. The lowest BCUT2D eigenvalue weighted by Gasteiger charge is -2.38. The van der Waals surface area contributed by atoms with E-state index < -0.39 is 0 Å². The molecular formula is C31H35N3O2S2. The molecule has 1 fully saturated rings. The number of carbonyl (C=O) groups is 1. The predicted octanol–water partition coefficient (Wildman–Crippen LogP) is 6.85. The topological polar surface area (TPSA) is 44.8 Å². The zero-order chi connectivity index (χ0) is 26.2. The van der Waals surface area contributed by atoms with E-state index in [1.807, 2.05) is 59.8 Å². The molecule has 5 rings (SSSR count). The monoisotopic (exact) mass is 545 g/mol. The fourth-order valence-electron chi connectivity index (χ4n) is 5.09. The van der Waals surface area contributed by atoms with Crippen molar-refractivity contribution in [1.29, 1.82) is 0 Å². The van der Waals surface area contributed by atoms with E-state index in [0.29, 0.717) is 0 Å². The van der Waals surface area contributed by atoms with E-state index >= 15 is 0 Å². The molecule has 2 aromatic carbocycles. The third-order valence-corrected chi connectivity index (χ3v) is 8.88. The van der Waals surface area contributed by atoms with Gasteiger partial charge >= 0.3 is 0 Å². The number of anilines is 1. The summed E-state index contributed by atoms with van der Waals surface area (Å²) >= 11 is 3.26. The zero-order valence-electron chi connectivity index (χ0n) is 21.8. The molecule has 7 heteroatoms. The second kappa shape index (κ2) is 13.2. The van der Waals surface area contributed by atoms with E-state index in [1.165, 1.54) is 21.8 Å². The molecule has 1 aliphatic heterocycles. The van der Waals surface area contributed by atoms with Crippen LogP contribution < -0.4 is 15.0 Å². The summed E-state index contributed by atoms with van der Waals surface area (Å²) in [5, 5.41) is 7.34. The van der Waals surface area contributed by atoms with E-state index in [4.69, 9.17) is 4.74 Å². The molecule has 0 spiro atoms. The van der Waals surface area contributed by atoms with Crippen molar-refractivity contribution in [2.24, 2.45) is 0 Å². The lowest BCUT2D eigenvalue weighted by atomic mass is 10.0. The van der Waals surface area contributed by atoms with E-state index in [9.17, 15) is 4.79 Å². The molecule has 1 N–H and O–H groups in total. The van der Waals surface area contributed by atoms with Gasteiger partial charge in [-0.2, -0.15) is 0 Å². The summed E-state index contributed by atoms with van der Waals surface area (Å²) in [6.45, 7) is 3.62. The molecule has 4 aromatic rings. The maximum atomic E-state index is 13.5. The van der Waals surface area contributed by atoms with Crippen LogP contribution in [0.3, 0.4) is 0 Å². The summed E-state index contributed by atoms with van der Waals surface area (Å²) in [4.78, 5) is 20.1. The number of ether oxygens (including phenoxy) is 1. The van der Waals surface area contributed by atoms with Gasteiger partial charge in [-0.3, -0.25) is 9.69 Å². The Morgan fingerprint density at radius 2 is 1.71 bits per heavy atom. The SMILES string of the molecule is CNCCC(Oc1ccccc1CN1CCC(N(C(=O)c2cccs2)c2ccccc2)CC1)c1cccs1. The highest BCUT2D eigenvalue weighted by Crippen LogP contribution is 2.32. The van der Waals surface area contributed by atoms with Crippen molar-refractivity contribution in [3.05, 3.63) is 105 Å². The fraction of sp³-hybridized carbons (Fsp3) is 0.323. The summed E-state index contributed by atoms with van der Waals surface area (Å²) in [5.74, 6) is 1.06. The molecule has 0 bridgehead atoms. The minimum absolute atomic E-state index is 0.0389. The standard InChI is InChI=1S/C31H35N3O2S2/c1-32-18-15-28(29-13-7-21-37-29)36-27-12-6-5-9-24(27)23-33-19-16-26(17-20-33)34(25-10-3-2-4-11-25)31(35)30-14-8-22-38-30/h2-14,21-22,26,28,32H,15-20,23H2,1H3. The molecule has 198 valence electrons. The molecular weight excluding hydrogens is 510 g/mol. The van der Waals surface area contributed by atoms with Gasteiger partial charge in [-0.1, -0.05) is 48.5 Å². The van der Waals surface area contributed by atoms with Gasteiger partial charge in [0.1, 0.15) is 11.9 Å². The molecule has 1 saturated heterocycles. The number of nitrogens with zero attached hydrogens (tertiary/aromatic N) is 2. The number of carbonyl (C=O) groups excluding carboxylic acids is 1. The molecule has 3 heterocycles. The van der Waals surface area contributed by atoms with Crippen molar-refractivity contribution in [1.82, 2.24) is 10.2 Å². The first-order chi connectivity index (χ1) is 18.7. The van der Waals surface area contributed by atoms with Crippen LogP contribution in [0.5, 0.6) is 5.75 Å². The maximum Gasteiger partial charge on any atom is 0.268 e. The second-order valence-electron chi connectivity index (χ2n) is 9.62. The van der Waals surface area contributed by atoms with Crippen LogP contribution in [0, 0.1) is 0 Å². The smallest absolute Gasteiger partial charge is 0.268 e. The minimum Gasteiger partial charge on any atom is -0.485 e. The molecule has 0 aliphatic carbocycles. The molecule has 1 atom stereocenters. The van der Waals surface area contributed by atoms with Crippen molar-refractivity contribution in [3.63, 3.8) is 0 Å². The molecule has 2 aromatic heterocycles. The summed E-state index contributed by atoms with van der Waals surface area (Å²) in [5.41, 5.74) is 2.19. The number of amides is 1. The number of thiophene rings is 2. The highest BCUT2D eigenvalue weighted by molar-refractivity contribution is 7.12. The van der Waals surface area contributed by atoms with E-state index in [1.54, 1.807) is 11.3 Å². The number of piperidine rings is 1. The lowest BCUT2D eigenvalue weighted by Crippen LogP contribution is -2.47. The summed E-state index contributed by atoms with van der Waals surface area (Å²) in [6, 6.07) is 26.9. The number of benzene rings is 2. The number of likely N-dealkylation sites (tertiary alicyclic amines) is 1. The molecule has 0 saturated carbocycles. The van der Waals surface area contributed by atoms with Gasteiger partial charge in [0, 0.05) is 48.2 Å². The molecule has 0 radical (unpaired) electrons. The average Bonchev–Trinajstić information content (AvgIpc) is 3.69. The molecule has 1 aliphatic rings. The summed E-state index contributed by atoms with van der Waals surface area (Å²) in [7, 11) is 1.98. The number of hydrogen-bond acceptors (Lipinski definition) is 6. The summed E-state index contributed by atoms with van der Waals surface area (Å²) in [6.07, 6.45) is 2.84. The van der Waals surface area contributed by atoms with Crippen LogP contribution >= 0.6 is 22.7 Å². The van der Waals surface area contributed by atoms with Crippen LogP contribution in [0.2, 0.25) is 0 Å². The fourth-order valence-corrected chi connectivity index (χ4v) is 6.54. The van der Waals surface area contributed by atoms with E-state index in [-0.39, 0.29) is 18.1 Å². The molecule has 38 heavy (non-hydrogen) atoms. The number of hydrogen-bond donors (Lipinski definition) is 1. The first kappa shape index (κ1) is 26.6. The minimum atomic E-state index is 0.0389. The molecule has 1 unspecified atom stereocenters. The van der Waals surface area contributed by atoms with Gasteiger partial charge in [0.25, 0.3) is 5.91 Å². The van der Waals surface area contributed by atoms with Gasteiger partial charge in [-0.25, -0.2) is 0 Å². The van der Waals surface area contributed by atoms with Crippen LogP contribution in [-0.4, -0.2) is 43.5 Å². The van der Waals surface area contributed by atoms with Crippen LogP contribution in [0.15, 0.2) is 89.6 Å². The van der Waals surface area contributed by atoms with Crippen molar-refractivity contribution < 1.29 is 9.53 Å². The van der Waals surface area contributed by atoms with Gasteiger partial charge in [-0.15, -0.1) is 22.7 Å². The Balaban J connectivity index is 1.26. The van der Waals surface area contributed by atoms with Gasteiger partial charge in [0.2, 0.25) is 0 Å². The Labute approximate surface area is 233 Å². The molecule has 1 amide bonds. The highest BCUT2D eigenvalue weighted by atomic mass is 32.1. The van der Waals surface area contributed by atoms with Crippen molar-refractivity contribution in [2.75, 3.05) is 31.6 Å². The second-order valence-corrected chi connectivity index (χ2v) is 11.5. The van der Waals surface area contributed by atoms with Crippen molar-refractivity contribution in [2.45, 2.75) is 38.0 Å². The number of para-hydroxylation sites is 2. The predicted molar refractivity (Wildman–Crippen MR) is 159 cm³/mol. The van der Waals surface area contributed by atoms with Gasteiger partial charge in [0.15, 0.2) is 0 Å². The first-order valence-corrected chi connectivity index (χ1v) is 15.1. The zero-order valence-corrected chi connectivity index (χ0v) is 23.4. The third kappa shape index (κ3) is 6.53. The average molecular weight is 546 g/mol. The van der Waals surface area contributed by atoms with Gasteiger partial charge in [0.05, 0.1) is 4.88 Å². The Morgan fingerprint density at radius 3 is 2.42 bits per heavy atom. The number of rotatable bonds is 11. The van der Waals surface area contributed by atoms with Crippen molar-refractivity contribution >= 4 is 34.3 Å². The lowest BCUT2D eigenvalue weighted by molar-refractivity contribution is 0.0962. The number of nitrogens with one attached hydrogen (secondary N) is 1. The van der Waals surface area contributed by atoms with Crippen LogP contribution in [0.1, 0.15) is 45.5 Å². The maximum absolute atomic E-state index is 13.5. The van der Waals surface area contributed by atoms with Gasteiger partial charge in [-0.05, 0) is 67.5 Å². The Kier molecular flexibility index (Phi) is 9.25. The van der Waals surface area contributed by atoms with E-state index in [2.05, 4.69) is 52.0 Å². The first-order valence-electron chi connectivity index (χ1n) is 13.3. The van der Waals surface area contributed by atoms with E-state index in [0.717, 1.165) is 61.8 Å². The largest absolute Gasteiger partial charge is 0.485 e. The van der Waals surface area contributed by atoms with Crippen LogP contribution in [0.4, 0.5) is 5.69 Å². The van der Waals surface area contributed by atoms with Crippen LogP contribution in [-0.2, 0) is 6.54 Å². The quantitative estimate of drug-likeness (QED) is 0.224. The third-order valence-electron chi connectivity index (χ3n) is 7.06. The summed E-state index contributed by atoms with van der Waals surface area (Å²) < 4.78 is 6.62. The Hall–Kier alpha value is -2.97. The highest BCUT2D eigenvalue weighted by Gasteiger charge is 2.30.